The number of terminal acetylenes is 1. The van der Waals surface area contributed by atoms with E-state index >= 15 is 0 Å². The van der Waals surface area contributed by atoms with E-state index in [2.05, 4.69) is 11.2 Å². The van der Waals surface area contributed by atoms with Crippen molar-refractivity contribution in [2.45, 2.75) is 25.8 Å². The zero-order valence-corrected chi connectivity index (χ0v) is 22.5. The summed E-state index contributed by atoms with van der Waals surface area (Å²) < 4.78 is 11.2. The Morgan fingerprint density at radius 3 is 2.49 bits per heavy atom. The molecule has 3 amide bonds. The van der Waals surface area contributed by atoms with Crippen molar-refractivity contribution in [3.63, 3.8) is 0 Å². The smallest absolute Gasteiger partial charge is 0.250 e. The molecule has 0 spiro atoms. The number of piperazine rings is 1. The highest BCUT2D eigenvalue weighted by Gasteiger charge is 2.42. The van der Waals surface area contributed by atoms with Gasteiger partial charge in [0.1, 0.15) is 6.04 Å². The first kappa shape index (κ1) is 28.2. The number of nitrogens with zero attached hydrogens (tertiary/aromatic N) is 2. The van der Waals surface area contributed by atoms with Crippen LogP contribution in [-0.2, 0) is 27.2 Å². The average Bonchev–Trinajstić information content (AvgIpc) is 2.86. The lowest BCUT2D eigenvalue weighted by atomic mass is 9.92. The highest BCUT2D eigenvalue weighted by molar-refractivity contribution is 6.35. The maximum atomic E-state index is 14.0. The highest BCUT2D eigenvalue weighted by Crippen LogP contribution is 2.42. The van der Waals surface area contributed by atoms with Crippen molar-refractivity contribution in [2.24, 2.45) is 0 Å². The van der Waals surface area contributed by atoms with Crippen molar-refractivity contribution < 1.29 is 23.9 Å². The van der Waals surface area contributed by atoms with Gasteiger partial charge in [-0.1, -0.05) is 41.3 Å². The summed E-state index contributed by atoms with van der Waals surface area (Å²) in [7, 11) is 2.97. The van der Waals surface area contributed by atoms with E-state index in [1.165, 1.54) is 30.9 Å². The van der Waals surface area contributed by atoms with Gasteiger partial charge in [-0.15, -0.1) is 6.42 Å². The van der Waals surface area contributed by atoms with Crippen LogP contribution in [0.1, 0.15) is 29.7 Å². The average molecular weight is 546 g/mol. The van der Waals surface area contributed by atoms with Gasteiger partial charge in [-0.05, 0) is 42.2 Å². The Bertz CT molecular complexity index is 1230. The van der Waals surface area contributed by atoms with Crippen LogP contribution in [0.2, 0.25) is 10.0 Å². The number of hydrogen-bond donors (Lipinski definition) is 1. The monoisotopic (exact) mass is 545 g/mol. The van der Waals surface area contributed by atoms with Crippen LogP contribution in [0.25, 0.3) is 0 Å². The first-order valence-electron chi connectivity index (χ1n) is 11.7. The Labute approximate surface area is 226 Å². The molecule has 1 aliphatic heterocycles. The lowest BCUT2D eigenvalue weighted by molar-refractivity contribution is -0.155. The molecule has 0 radical (unpaired) electrons. The maximum Gasteiger partial charge on any atom is 0.250 e. The van der Waals surface area contributed by atoms with Crippen LogP contribution in [-0.4, -0.2) is 67.9 Å². The molecule has 1 atom stereocenters. The molecule has 196 valence electrons. The Hall–Kier alpha value is -3.41. The first-order valence-corrected chi connectivity index (χ1v) is 12.4. The summed E-state index contributed by atoms with van der Waals surface area (Å²) in [5.41, 5.74) is 2.01. The Balaban J connectivity index is 2.03. The second kappa shape index (κ2) is 12.7. The van der Waals surface area contributed by atoms with Gasteiger partial charge in [0.25, 0.3) is 5.91 Å². The molecule has 10 heteroatoms. The van der Waals surface area contributed by atoms with Crippen molar-refractivity contribution >= 4 is 40.9 Å². The zero-order valence-electron chi connectivity index (χ0n) is 21.0. The predicted octanol–water partition coefficient (Wildman–Crippen LogP) is 3.28. The highest BCUT2D eigenvalue weighted by atomic mass is 35.5. The van der Waals surface area contributed by atoms with Crippen molar-refractivity contribution in [3.8, 4) is 23.8 Å². The van der Waals surface area contributed by atoms with Crippen LogP contribution in [0.3, 0.4) is 0 Å². The van der Waals surface area contributed by atoms with Gasteiger partial charge < -0.3 is 24.6 Å². The molecule has 0 bridgehead atoms. The van der Waals surface area contributed by atoms with Crippen molar-refractivity contribution in [1.82, 2.24) is 15.1 Å². The number of carbonyl (C=O) groups is 3. The van der Waals surface area contributed by atoms with E-state index in [1.807, 2.05) is 0 Å². The van der Waals surface area contributed by atoms with E-state index in [4.69, 9.17) is 39.1 Å². The minimum atomic E-state index is -1.03. The number of benzene rings is 2. The van der Waals surface area contributed by atoms with Crippen LogP contribution < -0.4 is 14.8 Å². The second-order valence-corrected chi connectivity index (χ2v) is 9.32. The number of amides is 3. The van der Waals surface area contributed by atoms with E-state index in [-0.39, 0.29) is 37.4 Å². The molecule has 2 aromatic carbocycles. The third-order valence-corrected chi connectivity index (χ3v) is 6.73. The van der Waals surface area contributed by atoms with E-state index in [9.17, 15) is 14.4 Å². The predicted molar refractivity (Wildman–Crippen MR) is 142 cm³/mol. The number of methoxy groups -OCH3 is 2. The van der Waals surface area contributed by atoms with E-state index in [1.54, 1.807) is 30.3 Å². The molecule has 3 rings (SSSR count). The lowest BCUT2D eigenvalue weighted by Gasteiger charge is -2.41. The number of carbonyl (C=O) groups excluding carboxylic acids is 3. The van der Waals surface area contributed by atoms with Gasteiger partial charge in [0.2, 0.25) is 11.8 Å². The van der Waals surface area contributed by atoms with E-state index in [0.29, 0.717) is 46.5 Å². The molecule has 1 unspecified atom stereocenters. The molecule has 1 saturated heterocycles. The van der Waals surface area contributed by atoms with Crippen LogP contribution in [0.5, 0.6) is 11.5 Å². The van der Waals surface area contributed by atoms with Crippen molar-refractivity contribution in [1.29, 1.82) is 0 Å². The standard InChI is InChI=1S/C27H29Cl2N3O5/c1-5-13-32-23(34)16-31(14-11-18-6-8-20(28)15-21(18)29)27(35)25(32)24-19(10-12-30-17(2)33)7-9-22(36-3)26(24)37-4/h1,6-9,15,25H,10-14,16H2,2-4H3,(H,30,33). The molecule has 37 heavy (non-hydrogen) atoms. The third kappa shape index (κ3) is 6.48. The fourth-order valence-electron chi connectivity index (χ4n) is 4.39. The molecule has 2 aromatic rings. The normalized spacial score (nSPS) is 15.4. The summed E-state index contributed by atoms with van der Waals surface area (Å²) in [6.45, 7) is 1.85. The SMILES string of the molecule is C#CCN1C(=O)CN(CCc2ccc(Cl)cc2Cl)C(=O)C1c1c(CCNC(C)=O)ccc(OC)c1OC. The topological polar surface area (TPSA) is 88.2 Å². The number of nitrogens with one attached hydrogen (secondary N) is 1. The molecule has 8 nitrogen and oxygen atoms in total. The summed E-state index contributed by atoms with van der Waals surface area (Å²) in [5.74, 6) is 2.47. The van der Waals surface area contributed by atoms with E-state index < -0.39 is 6.04 Å². The van der Waals surface area contributed by atoms with Gasteiger partial charge in [-0.2, -0.15) is 0 Å². The molecule has 1 aliphatic rings. The Morgan fingerprint density at radius 2 is 1.86 bits per heavy atom. The lowest BCUT2D eigenvalue weighted by Crippen LogP contribution is -2.56. The van der Waals surface area contributed by atoms with Gasteiger partial charge in [0.15, 0.2) is 11.5 Å². The Kier molecular flexibility index (Phi) is 9.67. The summed E-state index contributed by atoms with van der Waals surface area (Å²) in [6, 6.07) is 7.67. The van der Waals surface area contributed by atoms with Gasteiger partial charge >= 0.3 is 0 Å². The third-order valence-electron chi connectivity index (χ3n) is 6.15. The molecule has 1 heterocycles. The second-order valence-electron chi connectivity index (χ2n) is 8.48. The quantitative estimate of drug-likeness (QED) is 0.463. The molecule has 1 N–H and O–H groups in total. The van der Waals surface area contributed by atoms with Crippen LogP contribution >= 0.6 is 23.2 Å². The zero-order chi connectivity index (χ0) is 27.1. The van der Waals surface area contributed by atoms with E-state index in [0.717, 1.165) is 11.1 Å². The molecular formula is C27H29Cl2N3O5. The van der Waals surface area contributed by atoms with Crippen molar-refractivity contribution in [2.75, 3.05) is 40.4 Å². The minimum absolute atomic E-state index is 0.0579. The van der Waals surface area contributed by atoms with Crippen LogP contribution in [0.4, 0.5) is 0 Å². The van der Waals surface area contributed by atoms with Crippen LogP contribution in [0, 0.1) is 12.3 Å². The van der Waals surface area contributed by atoms with Crippen molar-refractivity contribution in [3.05, 3.63) is 57.1 Å². The molecular weight excluding hydrogens is 517 g/mol. The van der Waals surface area contributed by atoms with Gasteiger partial charge in [-0.25, -0.2) is 0 Å². The molecule has 0 aliphatic carbocycles. The summed E-state index contributed by atoms with van der Waals surface area (Å²) in [5, 5.41) is 3.77. The van der Waals surface area contributed by atoms with Gasteiger partial charge in [-0.3, -0.25) is 14.4 Å². The Morgan fingerprint density at radius 1 is 1.14 bits per heavy atom. The fraction of sp³-hybridized carbons (Fsp3) is 0.370. The van der Waals surface area contributed by atoms with Gasteiger partial charge in [0, 0.05) is 35.6 Å². The number of rotatable bonds is 10. The summed E-state index contributed by atoms with van der Waals surface area (Å²) >= 11 is 12.3. The van der Waals surface area contributed by atoms with Crippen LogP contribution in [0.15, 0.2) is 30.3 Å². The number of ether oxygens (including phenoxy) is 2. The fourth-order valence-corrected chi connectivity index (χ4v) is 4.89. The summed E-state index contributed by atoms with van der Waals surface area (Å²) in [6.07, 6.45) is 6.42. The first-order chi connectivity index (χ1) is 17.7. The molecule has 0 aromatic heterocycles. The molecule has 0 saturated carbocycles. The molecule has 1 fully saturated rings. The number of halogens is 2. The number of hydrogen-bond acceptors (Lipinski definition) is 5. The summed E-state index contributed by atoms with van der Waals surface area (Å²) in [4.78, 5) is 41.6. The minimum Gasteiger partial charge on any atom is -0.493 e. The van der Waals surface area contributed by atoms with Gasteiger partial charge in [0.05, 0.1) is 27.3 Å². The largest absolute Gasteiger partial charge is 0.493 e. The maximum absolute atomic E-state index is 14.0.